The van der Waals surface area contributed by atoms with Crippen LogP contribution in [0.15, 0.2) is 42.5 Å². The summed E-state index contributed by atoms with van der Waals surface area (Å²) in [6, 6.07) is 9.67. The Hall–Kier alpha value is -0.457. The first-order chi connectivity index (χ1) is 7.49. The maximum Gasteiger partial charge on any atom is 0.0971 e. The molecule has 0 saturated heterocycles. The van der Waals surface area contributed by atoms with Gasteiger partial charge in [0.1, 0.15) is 0 Å². The maximum absolute atomic E-state index is 9.80. The molecule has 1 nitrogen and oxygen atoms in total. The quantitative estimate of drug-likeness (QED) is 0.491. The van der Waals surface area contributed by atoms with Crippen LogP contribution in [-0.2, 0) is 19.5 Å². The second-order valence-corrected chi connectivity index (χ2v) is 4.58. The fourth-order valence-corrected chi connectivity index (χ4v) is 1.14. The van der Waals surface area contributed by atoms with Crippen molar-refractivity contribution in [3.8, 4) is 0 Å². The molecule has 92 valence electrons. The Labute approximate surface area is 119 Å². The molecular weight excluding hydrogens is 262 g/mol. The van der Waals surface area contributed by atoms with Gasteiger partial charge in [0.25, 0.3) is 0 Å². The van der Waals surface area contributed by atoms with E-state index in [4.69, 9.17) is 0 Å². The van der Waals surface area contributed by atoms with Gasteiger partial charge in [0.05, 0.1) is 6.10 Å². The van der Waals surface area contributed by atoms with Crippen molar-refractivity contribution in [3.05, 3.63) is 55.0 Å². The molecule has 0 fully saturated rings. The van der Waals surface area contributed by atoms with Crippen LogP contribution in [0.5, 0.6) is 0 Å². The zero-order valence-corrected chi connectivity index (χ0v) is 14.4. The minimum absolute atomic E-state index is 0. The Balaban J connectivity index is 0. The Morgan fingerprint density at radius 1 is 1.12 bits per heavy atom. The number of allylic oxidation sites excluding steroid dienone is 1. The molecule has 17 heavy (non-hydrogen) atoms. The number of benzene rings is 1. The van der Waals surface area contributed by atoms with E-state index in [0.717, 1.165) is 5.56 Å². The van der Waals surface area contributed by atoms with Crippen LogP contribution in [0.2, 0.25) is 0 Å². The standard InChI is InChI=1S/C13H18O.C2H5.Zn/c1-13(2,3)10-9-12(14)11-7-5-4-6-8-11;1-2;/h4-10,12,14H,1-3H3;1H2,2H3;/q;-1;/b10-9+;;/t12-;;/m0../s1. The van der Waals surface area contributed by atoms with Gasteiger partial charge < -0.3 is 12.0 Å². The predicted octanol–water partition coefficient (Wildman–Crippen LogP) is 4.16. The van der Waals surface area contributed by atoms with Gasteiger partial charge >= 0.3 is 0 Å². The average Bonchev–Trinajstić information content (AvgIpc) is 2.29. The Morgan fingerprint density at radius 2 is 1.59 bits per heavy atom. The third-order valence-electron chi connectivity index (χ3n) is 1.92. The second kappa shape index (κ2) is 9.56. The number of aliphatic hydroxyl groups is 1. The molecule has 0 radical (unpaired) electrons. The Kier molecular flexibility index (Phi) is 10.6. The average molecular weight is 285 g/mol. The first-order valence-electron chi connectivity index (χ1n) is 5.62. The molecular formula is C15H23OZn-. The van der Waals surface area contributed by atoms with E-state index in [0.29, 0.717) is 0 Å². The number of hydrogen-bond acceptors (Lipinski definition) is 1. The monoisotopic (exact) mass is 283 g/mol. The summed E-state index contributed by atoms with van der Waals surface area (Å²) in [5, 5.41) is 9.80. The summed E-state index contributed by atoms with van der Waals surface area (Å²) < 4.78 is 0. The molecule has 1 aromatic carbocycles. The number of rotatable bonds is 2. The molecule has 2 heteroatoms. The summed E-state index contributed by atoms with van der Waals surface area (Å²) in [5.74, 6) is 0. The minimum Gasteiger partial charge on any atom is -0.384 e. The van der Waals surface area contributed by atoms with E-state index in [2.05, 4.69) is 27.7 Å². The van der Waals surface area contributed by atoms with Gasteiger partial charge in [-0.15, -0.1) is 0 Å². The maximum atomic E-state index is 9.80. The largest absolute Gasteiger partial charge is 0.384 e. The van der Waals surface area contributed by atoms with Gasteiger partial charge in [-0.25, -0.2) is 0 Å². The molecule has 1 aromatic rings. The SMILES string of the molecule is CC(C)(C)/C=C/[C@H](O)c1ccccc1.[CH2-]C.[Zn]. The fourth-order valence-electron chi connectivity index (χ4n) is 1.14. The van der Waals surface area contributed by atoms with Crippen LogP contribution >= 0.6 is 0 Å². The van der Waals surface area contributed by atoms with E-state index < -0.39 is 6.10 Å². The predicted molar refractivity (Wildman–Crippen MR) is 71.0 cm³/mol. The van der Waals surface area contributed by atoms with Crippen molar-refractivity contribution < 1.29 is 24.6 Å². The third-order valence-corrected chi connectivity index (χ3v) is 1.92. The number of aliphatic hydroxyl groups excluding tert-OH is 1. The van der Waals surface area contributed by atoms with Crippen molar-refractivity contribution in [1.82, 2.24) is 0 Å². The van der Waals surface area contributed by atoms with Crippen molar-refractivity contribution in [2.45, 2.75) is 33.8 Å². The molecule has 0 aromatic heterocycles. The first kappa shape index (κ1) is 18.9. The molecule has 0 unspecified atom stereocenters. The van der Waals surface area contributed by atoms with E-state index in [-0.39, 0.29) is 24.9 Å². The van der Waals surface area contributed by atoms with Crippen LogP contribution in [0.1, 0.15) is 39.4 Å². The Bertz CT molecular complexity index is 298. The zero-order valence-electron chi connectivity index (χ0n) is 11.5. The summed E-state index contributed by atoms with van der Waals surface area (Å²) in [6.07, 6.45) is 3.38. The molecule has 0 aliphatic heterocycles. The molecule has 0 amide bonds. The molecule has 0 heterocycles. The second-order valence-electron chi connectivity index (χ2n) is 4.58. The molecule has 1 N–H and O–H groups in total. The summed E-state index contributed by atoms with van der Waals surface area (Å²) in [7, 11) is 0. The van der Waals surface area contributed by atoms with E-state index in [1.165, 1.54) is 0 Å². The van der Waals surface area contributed by atoms with Gasteiger partial charge in [-0.2, -0.15) is 6.92 Å². The topological polar surface area (TPSA) is 20.2 Å². The smallest absolute Gasteiger partial charge is 0.0971 e. The van der Waals surface area contributed by atoms with Crippen LogP contribution in [0, 0.1) is 12.3 Å². The van der Waals surface area contributed by atoms with Crippen LogP contribution < -0.4 is 0 Å². The van der Waals surface area contributed by atoms with Crippen molar-refractivity contribution in [1.29, 1.82) is 0 Å². The van der Waals surface area contributed by atoms with E-state index >= 15 is 0 Å². The molecule has 0 aliphatic rings. The molecule has 0 aliphatic carbocycles. The number of hydrogen-bond donors (Lipinski definition) is 1. The fraction of sp³-hybridized carbons (Fsp3) is 0.400. The summed E-state index contributed by atoms with van der Waals surface area (Å²) in [5.41, 5.74) is 1.06. The van der Waals surface area contributed by atoms with Crippen molar-refractivity contribution in [2.24, 2.45) is 5.41 Å². The zero-order chi connectivity index (χ0) is 12.6. The summed E-state index contributed by atoms with van der Waals surface area (Å²) >= 11 is 0. The molecule has 1 rings (SSSR count). The van der Waals surface area contributed by atoms with Crippen LogP contribution in [0.25, 0.3) is 0 Å². The van der Waals surface area contributed by atoms with Crippen LogP contribution in [-0.4, -0.2) is 5.11 Å². The molecule has 0 spiro atoms. The van der Waals surface area contributed by atoms with Crippen molar-refractivity contribution >= 4 is 0 Å². The summed E-state index contributed by atoms with van der Waals surface area (Å²) in [6.45, 7) is 11.3. The van der Waals surface area contributed by atoms with Gasteiger partial charge in [0, 0.05) is 19.5 Å². The first-order valence-corrected chi connectivity index (χ1v) is 5.62. The minimum atomic E-state index is -0.490. The van der Waals surface area contributed by atoms with Crippen molar-refractivity contribution in [3.63, 3.8) is 0 Å². The van der Waals surface area contributed by atoms with Gasteiger partial charge in [-0.05, 0) is 11.0 Å². The van der Waals surface area contributed by atoms with E-state index in [9.17, 15) is 5.11 Å². The third kappa shape index (κ3) is 9.26. The molecule has 0 bridgehead atoms. The van der Waals surface area contributed by atoms with Gasteiger partial charge in [0.15, 0.2) is 0 Å². The normalized spacial score (nSPS) is 12.4. The van der Waals surface area contributed by atoms with Gasteiger partial charge in [0.2, 0.25) is 0 Å². The van der Waals surface area contributed by atoms with Gasteiger partial charge in [-0.1, -0.05) is 63.3 Å². The molecule has 1 atom stereocenters. The van der Waals surface area contributed by atoms with E-state index in [1.807, 2.05) is 42.5 Å². The molecule has 0 saturated carbocycles. The Morgan fingerprint density at radius 3 is 2.00 bits per heavy atom. The van der Waals surface area contributed by atoms with Crippen LogP contribution in [0.4, 0.5) is 0 Å². The summed E-state index contributed by atoms with van der Waals surface area (Å²) in [4.78, 5) is 0. The van der Waals surface area contributed by atoms with Crippen molar-refractivity contribution in [2.75, 3.05) is 0 Å². The van der Waals surface area contributed by atoms with Crippen LogP contribution in [0.3, 0.4) is 0 Å². The van der Waals surface area contributed by atoms with Gasteiger partial charge in [-0.3, -0.25) is 0 Å². The van der Waals surface area contributed by atoms with E-state index in [1.54, 1.807) is 6.92 Å².